The molecule has 0 unspecified atom stereocenters. The first-order valence-electron chi connectivity index (χ1n) is 7.31. The van der Waals surface area contributed by atoms with E-state index in [2.05, 4.69) is 33.5 Å². The number of methoxy groups -OCH3 is 1. The molecule has 3 aromatic rings. The maximum absolute atomic E-state index is 5.83. The number of ether oxygens (including phenoxy) is 1. The van der Waals surface area contributed by atoms with Crippen molar-refractivity contribution in [2.75, 3.05) is 25.6 Å². The summed E-state index contributed by atoms with van der Waals surface area (Å²) in [6.45, 7) is 1.92. The number of hydrogen-bond acceptors (Lipinski definition) is 4. The Morgan fingerprint density at radius 2 is 2.18 bits per heavy atom. The van der Waals surface area contributed by atoms with Crippen LogP contribution in [0.25, 0.3) is 22.2 Å². The van der Waals surface area contributed by atoms with E-state index in [0.29, 0.717) is 13.2 Å². The van der Waals surface area contributed by atoms with Crippen molar-refractivity contribution < 1.29 is 4.74 Å². The smallest absolute Gasteiger partial charge is 0.137 e. The Morgan fingerprint density at radius 3 is 3.00 bits per heavy atom. The van der Waals surface area contributed by atoms with Crippen molar-refractivity contribution in [3.8, 4) is 11.1 Å². The second-order valence-electron chi connectivity index (χ2n) is 5.09. The van der Waals surface area contributed by atoms with Crippen molar-refractivity contribution in [1.29, 1.82) is 0 Å². The molecule has 114 valence electrons. The number of hydrogen-bond donors (Lipinski definition) is 3. The van der Waals surface area contributed by atoms with Crippen LogP contribution >= 0.6 is 0 Å². The average Bonchev–Trinajstić information content (AvgIpc) is 3.03. The molecule has 0 bridgehead atoms. The second-order valence-corrected chi connectivity index (χ2v) is 5.09. The summed E-state index contributed by atoms with van der Waals surface area (Å²) in [5.74, 6) is 0. The van der Waals surface area contributed by atoms with Gasteiger partial charge in [-0.15, -0.1) is 0 Å². The Kier molecular flexibility index (Phi) is 4.37. The zero-order chi connectivity index (χ0) is 15.4. The third-order valence-corrected chi connectivity index (χ3v) is 3.72. The number of rotatable bonds is 6. The molecule has 0 saturated carbocycles. The molecule has 0 amide bonds. The molecule has 22 heavy (non-hydrogen) atoms. The van der Waals surface area contributed by atoms with Crippen LogP contribution in [0.1, 0.15) is 5.56 Å². The molecule has 0 aliphatic carbocycles. The van der Waals surface area contributed by atoms with Crippen LogP contribution in [0.2, 0.25) is 0 Å². The van der Waals surface area contributed by atoms with Crippen molar-refractivity contribution in [2.45, 2.75) is 6.54 Å². The lowest BCUT2D eigenvalue weighted by atomic mass is 10.0. The molecule has 5 heteroatoms. The molecule has 2 heterocycles. The number of aromatic nitrogens is 2. The highest BCUT2D eigenvalue weighted by atomic mass is 16.5. The molecule has 0 atom stereocenters. The van der Waals surface area contributed by atoms with Gasteiger partial charge in [-0.2, -0.15) is 0 Å². The van der Waals surface area contributed by atoms with E-state index in [0.717, 1.165) is 40.0 Å². The third kappa shape index (κ3) is 2.81. The van der Waals surface area contributed by atoms with Crippen LogP contribution < -0.4 is 11.1 Å². The summed E-state index contributed by atoms with van der Waals surface area (Å²) in [5, 5.41) is 4.51. The van der Waals surface area contributed by atoms with Gasteiger partial charge in [-0.25, -0.2) is 4.98 Å². The third-order valence-electron chi connectivity index (χ3n) is 3.72. The molecule has 0 aliphatic rings. The summed E-state index contributed by atoms with van der Waals surface area (Å²) in [4.78, 5) is 7.48. The molecule has 0 saturated heterocycles. The van der Waals surface area contributed by atoms with Crippen molar-refractivity contribution in [3.63, 3.8) is 0 Å². The summed E-state index contributed by atoms with van der Waals surface area (Å²) in [6, 6.07) is 10.4. The lowest BCUT2D eigenvalue weighted by molar-refractivity contribution is 0.211. The number of fused-ring (bicyclic) bond motifs is 1. The lowest BCUT2D eigenvalue weighted by Crippen LogP contribution is -2.10. The predicted molar refractivity (Wildman–Crippen MR) is 89.8 cm³/mol. The first-order valence-corrected chi connectivity index (χ1v) is 7.31. The van der Waals surface area contributed by atoms with Crippen LogP contribution in [-0.2, 0) is 11.3 Å². The highest BCUT2D eigenvalue weighted by Gasteiger charge is 2.08. The van der Waals surface area contributed by atoms with E-state index >= 15 is 0 Å². The van der Waals surface area contributed by atoms with E-state index in [1.54, 1.807) is 7.11 Å². The molecule has 0 aliphatic heterocycles. The van der Waals surface area contributed by atoms with E-state index in [4.69, 9.17) is 10.5 Å². The van der Waals surface area contributed by atoms with Crippen LogP contribution in [-0.4, -0.2) is 30.2 Å². The van der Waals surface area contributed by atoms with E-state index in [9.17, 15) is 0 Å². The lowest BCUT2D eigenvalue weighted by Gasteiger charge is -2.13. The molecule has 0 radical (unpaired) electrons. The number of nitrogens with two attached hydrogens (primary N) is 1. The van der Waals surface area contributed by atoms with Gasteiger partial charge in [0.25, 0.3) is 0 Å². The van der Waals surface area contributed by atoms with Gasteiger partial charge in [0.2, 0.25) is 0 Å². The largest absolute Gasteiger partial charge is 0.383 e. The number of nitrogens with one attached hydrogen (secondary N) is 2. The maximum Gasteiger partial charge on any atom is 0.137 e. The van der Waals surface area contributed by atoms with Crippen LogP contribution in [0.5, 0.6) is 0 Å². The van der Waals surface area contributed by atoms with Crippen LogP contribution in [0.3, 0.4) is 0 Å². The van der Waals surface area contributed by atoms with Crippen molar-refractivity contribution in [3.05, 3.63) is 48.3 Å². The van der Waals surface area contributed by atoms with Crippen molar-refractivity contribution >= 4 is 16.7 Å². The standard InChI is InChI=1S/C17H20N4O/c1-22-9-8-19-16-10-12(2-3-13(16)11-18)14-4-6-20-17-15(14)5-7-21-17/h2-7,10,19H,8-9,11,18H2,1H3,(H,20,21). The number of anilines is 1. The van der Waals surface area contributed by atoms with Crippen molar-refractivity contribution in [2.24, 2.45) is 5.73 Å². The summed E-state index contributed by atoms with van der Waals surface area (Å²) in [5.41, 5.74) is 11.2. The number of aromatic amines is 1. The number of H-pyrrole nitrogens is 1. The maximum atomic E-state index is 5.83. The van der Waals surface area contributed by atoms with Crippen LogP contribution in [0.15, 0.2) is 42.7 Å². The molecule has 0 spiro atoms. The molecule has 4 N–H and O–H groups in total. The summed E-state index contributed by atoms with van der Waals surface area (Å²) < 4.78 is 5.09. The van der Waals surface area contributed by atoms with Crippen molar-refractivity contribution in [1.82, 2.24) is 9.97 Å². The van der Waals surface area contributed by atoms with Crippen LogP contribution in [0, 0.1) is 0 Å². The Labute approximate surface area is 129 Å². The van der Waals surface area contributed by atoms with Gasteiger partial charge in [0.05, 0.1) is 6.61 Å². The summed E-state index contributed by atoms with van der Waals surface area (Å²) in [6.07, 6.45) is 3.73. The second kappa shape index (κ2) is 6.60. The first kappa shape index (κ1) is 14.6. The fourth-order valence-corrected chi connectivity index (χ4v) is 2.59. The highest BCUT2D eigenvalue weighted by molar-refractivity contribution is 5.93. The zero-order valence-electron chi connectivity index (χ0n) is 12.6. The van der Waals surface area contributed by atoms with E-state index in [-0.39, 0.29) is 0 Å². The minimum Gasteiger partial charge on any atom is -0.383 e. The Hall–Kier alpha value is -2.37. The molecule has 2 aromatic heterocycles. The minimum absolute atomic E-state index is 0.505. The zero-order valence-corrected chi connectivity index (χ0v) is 12.6. The number of pyridine rings is 1. The average molecular weight is 296 g/mol. The monoisotopic (exact) mass is 296 g/mol. The quantitative estimate of drug-likeness (QED) is 0.611. The predicted octanol–water partition coefficient (Wildman–Crippen LogP) is 2.75. The van der Waals surface area contributed by atoms with Gasteiger partial charge in [0.15, 0.2) is 0 Å². The van der Waals surface area contributed by atoms with Gasteiger partial charge >= 0.3 is 0 Å². The molecule has 1 aromatic carbocycles. The topological polar surface area (TPSA) is 76.0 Å². The van der Waals surface area contributed by atoms with Gasteiger partial charge in [0.1, 0.15) is 5.65 Å². The van der Waals surface area contributed by atoms with Gasteiger partial charge in [0, 0.05) is 43.7 Å². The molecular formula is C17H20N4O. The van der Waals surface area contributed by atoms with Gasteiger partial charge in [-0.1, -0.05) is 12.1 Å². The Balaban J connectivity index is 2.00. The van der Waals surface area contributed by atoms with Gasteiger partial charge < -0.3 is 20.8 Å². The first-order chi connectivity index (χ1) is 10.8. The molecular weight excluding hydrogens is 276 g/mol. The van der Waals surface area contributed by atoms with Gasteiger partial charge in [-0.3, -0.25) is 0 Å². The normalized spacial score (nSPS) is 11.0. The molecule has 5 nitrogen and oxygen atoms in total. The molecule has 3 rings (SSSR count). The minimum atomic E-state index is 0.505. The fourth-order valence-electron chi connectivity index (χ4n) is 2.59. The number of benzene rings is 1. The molecule has 0 fully saturated rings. The van der Waals surface area contributed by atoms with E-state index in [1.165, 1.54) is 0 Å². The van der Waals surface area contributed by atoms with E-state index < -0.39 is 0 Å². The Bertz CT molecular complexity index is 766. The van der Waals surface area contributed by atoms with E-state index in [1.807, 2.05) is 24.5 Å². The summed E-state index contributed by atoms with van der Waals surface area (Å²) in [7, 11) is 1.70. The van der Waals surface area contributed by atoms with Crippen LogP contribution in [0.4, 0.5) is 5.69 Å². The number of nitrogens with zero attached hydrogens (tertiary/aromatic N) is 1. The Morgan fingerprint density at radius 1 is 1.27 bits per heavy atom. The summed E-state index contributed by atoms with van der Waals surface area (Å²) >= 11 is 0. The van der Waals surface area contributed by atoms with Gasteiger partial charge in [-0.05, 0) is 34.9 Å². The fraction of sp³-hybridized carbons (Fsp3) is 0.235. The highest BCUT2D eigenvalue weighted by Crippen LogP contribution is 2.30. The SMILES string of the molecule is COCCNc1cc(-c2ccnc3[nH]ccc23)ccc1CN.